The minimum absolute atomic E-state index is 0.569. The molecule has 0 aliphatic carbocycles. The van der Waals surface area contributed by atoms with Gasteiger partial charge in [-0.25, -0.2) is 4.52 Å². The SMILES string of the molecule is NCCNc1nc2ccc(Br)cn2n1. The molecule has 0 bridgehead atoms. The third-order valence-electron chi connectivity index (χ3n) is 1.72. The van der Waals surface area contributed by atoms with E-state index in [4.69, 9.17) is 5.73 Å². The van der Waals surface area contributed by atoms with Crippen molar-refractivity contribution in [3.63, 3.8) is 0 Å². The number of pyridine rings is 1. The van der Waals surface area contributed by atoms with E-state index >= 15 is 0 Å². The molecule has 74 valence electrons. The molecule has 2 aromatic heterocycles. The number of hydrogen-bond donors (Lipinski definition) is 2. The molecule has 0 atom stereocenters. The van der Waals surface area contributed by atoms with Gasteiger partial charge >= 0.3 is 0 Å². The van der Waals surface area contributed by atoms with Crippen LogP contribution in [0.4, 0.5) is 5.95 Å². The van der Waals surface area contributed by atoms with Crippen LogP contribution < -0.4 is 11.1 Å². The summed E-state index contributed by atoms with van der Waals surface area (Å²) in [5.41, 5.74) is 6.18. The quantitative estimate of drug-likeness (QED) is 0.854. The Kier molecular flexibility index (Phi) is 2.64. The van der Waals surface area contributed by atoms with Crippen molar-refractivity contribution in [3.8, 4) is 0 Å². The molecule has 5 nitrogen and oxygen atoms in total. The summed E-state index contributed by atoms with van der Waals surface area (Å²) in [6, 6.07) is 3.82. The van der Waals surface area contributed by atoms with Gasteiger partial charge in [-0.1, -0.05) is 0 Å². The zero-order valence-electron chi connectivity index (χ0n) is 7.44. The van der Waals surface area contributed by atoms with Gasteiger partial charge < -0.3 is 11.1 Å². The maximum atomic E-state index is 5.36. The van der Waals surface area contributed by atoms with Crippen molar-refractivity contribution in [2.45, 2.75) is 0 Å². The Morgan fingerprint density at radius 2 is 2.36 bits per heavy atom. The lowest BCUT2D eigenvalue weighted by Gasteiger charge is -1.94. The van der Waals surface area contributed by atoms with Crippen LogP contribution in [0.3, 0.4) is 0 Å². The van der Waals surface area contributed by atoms with E-state index in [9.17, 15) is 0 Å². The van der Waals surface area contributed by atoms with Crippen LogP contribution in [0.25, 0.3) is 5.65 Å². The Labute approximate surface area is 89.4 Å². The number of rotatable bonds is 3. The number of nitrogens with one attached hydrogen (secondary N) is 1. The standard InChI is InChI=1S/C8H10BrN5/c9-6-1-2-7-12-8(11-4-3-10)13-14(7)5-6/h1-2,5H,3-4,10H2,(H,11,13). The predicted molar refractivity (Wildman–Crippen MR) is 58.2 cm³/mol. The highest BCUT2D eigenvalue weighted by molar-refractivity contribution is 9.10. The number of nitrogens with two attached hydrogens (primary N) is 1. The van der Waals surface area contributed by atoms with Crippen molar-refractivity contribution in [1.29, 1.82) is 0 Å². The maximum Gasteiger partial charge on any atom is 0.243 e. The summed E-state index contributed by atoms with van der Waals surface area (Å²) in [7, 11) is 0. The van der Waals surface area contributed by atoms with Gasteiger partial charge in [-0.3, -0.25) is 0 Å². The van der Waals surface area contributed by atoms with Gasteiger partial charge in [-0.2, -0.15) is 4.98 Å². The molecule has 0 amide bonds. The lowest BCUT2D eigenvalue weighted by atomic mass is 10.5. The Hall–Kier alpha value is -1.14. The van der Waals surface area contributed by atoms with Crippen LogP contribution in [-0.2, 0) is 0 Å². The van der Waals surface area contributed by atoms with Gasteiger partial charge in [0, 0.05) is 23.8 Å². The van der Waals surface area contributed by atoms with E-state index in [1.807, 2.05) is 18.3 Å². The number of aromatic nitrogens is 3. The van der Waals surface area contributed by atoms with Gasteiger partial charge in [0.25, 0.3) is 0 Å². The second-order valence-electron chi connectivity index (χ2n) is 2.80. The Morgan fingerprint density at radius 1 is 1.50 bits per heavy atom. The monoisotopic (exact) mass is 255 g/mol. The molecule has 0 saturated heterocycles. The first-order valence-electron chi connectivity index (χ1n) is 4.25. The highest BCUT2D eigenvalue weighted by Crippen LogP contribution is 2.11. The van der Waals surface area contributed by atoms with Gasteiger partial charge in [-0.05, 0) is 28.1 Å². The average molecular weight is 256 g/mol. The summed E-state index contributed by atoms with van der Waals surface area (Å²) in [4.78, 5) is 4.26. The second kappa shape index (κ2) is 3.93. The van der Waals surface area contributed by atoms with E-state index in [1.54, 1.807) is 4.52 Å². The van der Waals surface area contributed by atoms with E-state index in [0.29, 0.717) is 19.0 Å². The maximum absolute atomic E-state index is 5.36. The van der Waals surface area contributed by atoms with Crippen molar-refractivity contribution < 1.29 is 0 Å². The number of fused-ring (bicyclic) bond motifs is 1. The van der Waals surface area contributed by atoms with E-state index in [1.165, 1.54) is 0 Å². The molecule has 3 N–H and O–H groups in total. The minimum atomic E-state index is 0.569. The minimum Gasteiger partial charge on any atom is -0.352 e. The number of hydrogen-bond acceptors (Lipinski definition) is 4. The Balaban J connectivity index is 2.32. The van der Waals surface area contributed by atoms with E-state index < -0.39 is 0 Å². The first kappa shape index (κ1) is 9.42. The molecule has 0 fully saturated rings. The third-order valence-corrected chi connectivity index (χ3v) is 2.19. The lowest BCUT2D eigenvalue weighted by Crippen LogP contribution is -2.13. The smallest absolute Gasteiger partial charge is 0.243 e. The fraction of sp³-hybridized carbons (Fsp3) is 0.250. The van der Waals surface area contributed by atoms with Crippen LogP contribution in [-0.4, -0.2) is 27.7 Å². The Bertz CT molecular complexity index is 438. The number of nitrogens with zero attached hydrogens (tertiary/aromatic N) is 3. The summed E-state index contributed by atoms with van der Waals surface area (Å²) in [6.45, 7) is 1.25. The van der Waals surface area contributed by atoms with Crippen LogP contribution in [0.2, 0.25) is 0 Å². The molecule has 0 spiro atoms. The molecule has 6 heteroatoms. The zero-order valence-corrected chi connectivity index (χ0v) is 9.03. The van der Waals surface area contributed by atoms with Crippen molar-refractivity contribution in [3.05, 3.63) is 22.8 Å². The highest BCUT2D eigenvalue weighted by atomic mass is 79.9. The normalized spacial score (nSPS) is 10.7. The van der Waals surface area contributed by atoms with Gasteiger partial charge in [0.2, 0.25) is 5.95 Å². The van der Waals surface area contributed by atoms with Gasteiger partial charge in [-0.15, -0.1) is 5.10 Å². The summed E-state index contributed by atoms with van der Waals surface area (Å²) in [6.07, 6.45) is 1.86. The van der Waals surface area contributed by atoms with Gasteiger partial charge in [0.05, 0.1) is 0 Å². The molecule has 0 saturated carbocycles. The third kappa shape index (κ3) is 1.85. The topological polar surface area (TPSA) is 68.2 Å². The second-order valence-corrected chi connectivity index (χ2v) is 3.72. The molecule has 0 aliphatic rings. The molecule has 2 aromatic rings. The molecular formula is C8H10BrN5. The molecule has 14 heavy (non-hydrogen) atoms. The zero-order chi connectivity index (χ0) is 9.97. The van der Waals surface area contributed by atoms with Crippen molar-refractivity contribution in [2.24, 2.45) is 5.73 Å². The molecule has 0 aliphatic heterocycles. The molecular weight excluding hydrogens is 246 g/mol. The summed E-state index contributed by atoms with van der Waals surface area (Å²) in [5, 5.41) is 7.24. The first-order valence-corrected chi connectivity index (χ1v) is 5.05. The van der Waals surface area contributed by atoms with Crippen LogP contribution in [0, 0.1) is 0 Å². The van der Waals surface area contributed by atoms with Gasteiger partial charge in [0.1, 0.15) is 0 Å². The average Bonchev–Trinajstić information content (AvgIpc) is 2.56. The molecule has 2 heterocycles. The van der Waals surface area contributed by atoms with Crippen LogP contribution >= 0.6 is 15.9 Å². The molecule has 2 rings (SSSR count). The number of anilines is 1. The lowest BCUT2D eigenvalue weighted by molar-refractivity contribution is 0.937. The van der Waals surface area contributed by atoms with Crippen LogP contribution in [0.1, 0.15) is 0 Å². The summed E-state index contributed by atoms with van der Waals surface area (Å²) >= 11 is 3.37. The summed E-state index contributed by atoms with van der Waals surface area (Å²) in [5.74, 6) is 0.605. The van der Waals surface area contributed by atoms with Crippen molar-refractivity contribution in [1.82, 2.24) is 14.6 Å². The summed E-state index contributed by atoms with van der Waals surface area (Å²) < 4.78 is 2.68. The fourth-order valence-corrected chi connectivity index (χ4v) is 1.44. The van der Waals surface area contributed by atoms with E-state index in [0.717, 1.165) is 10.1 Å². The predicted octanol–water partition coefficient (Wildman–Crippen LogP) is 0.862. The molecule has 0 unspecified atom stereocenters. The van der Waals surface area contributed by atoms with Crippen molar-refractivity contribution >= 4 is 27.5 Å². The van der Waals surface area contributed by atoms with E-state index in [2.05, 4.69) is 31.3 Å². The van der Waals surface area contributed by atoms with Crippen LogP contribution in [0.15, 0.2) is 22.8 Å². The van der Waals surface area contributed by atoms with Crippen molar-refractivity contribution in [2.75, 3.05) is 18.4 Å². The van der Waals surface area contributed by atoms with Gasteiger partial charge in [0.15, 0.2) is 5.65 Å². The van der Waals surface area contributed by atoms with E-state index in [-0.39, 0.29) is 0 Å². The molecule has 0 radical (unpaired) electrons. The number of halogens is 1. The van der Waals surface area contributed by atoms with Crippen LogP contribution in [0.5, 0.6) is 0 Å². The first-order chi connectivity index (χ1) is 6.79. The largest absolute Gasteiger partial charge is 0.352 e. The molecule has 0 aromatic carbocycles. The Morgan fingerprint density at radius 3 is 3.14 bits per heavy atom. The fourth-order valence-electron chi connectivity index (χ4n) is 1.12. The highest BCUT2D eigenvalue weighted by Gasteiger charge is 2.01.